The van der Waals surface area contributed by atoms with E-state index >= 15 is 0 Å². The Morgan fingerprint density at radius 2 is 2.22 bits per heavy atom. The summed E-state index contributed by atoms with van der Waals surface area (Å²) in [5.74, 6) is 0.844. The van der Waals surface area contributed by atoms with E-state index in [-0.39, 0.29) is 11.6 Å². The summed E-state index contributed by atoms with van der Waals surface area (Å²) in [5, 5.41) is 11.2. The van der Waals surface area contributed by atoms with Gasteiger partial charge in [0.15, 0.2) is 11.6 Å². The van der Waals surface area contributed by atoms with Crippen LogP contribution in [0.15, 0.2) is 24.4 Å². The Kier molecular flexibility index (Phi) is 2.26. The number of hydrogen-bond acceptors (Lipinski definition) is 4. The number of H-pyrrole nitrogens is 1. The number of nitrogens with one attached hydrogen (secondary N) is 1. The van der Waals surface area contributed by atoms with Crippen molar-refractivity contribution in [2.75, 3.05) is 5.12 Å². The summed E-state index contributed by atoms with van der Waals surface area (Å²) in [6, 6.07) is 5.15. The summed E-state index contributed by atoms with van der Waals surface area (Å²) < 4.78 is 15.9. The lowest BCUT2D eigenvalue weighted by molar-refractivity contribution is 0.492. The first-order valence-corrected chi connectivity index (χ1v) is 5.45. The fourth-order valence-electron chi connectivity index (χ4n) is 1.78. The van der Waals surface area contributed by atoms with E-state index in [0.29, 0.717) is 16.5 Å². The van der Waals surface area contributed by atoms with Crippen molar-refractivity contribution in [1.82, 2.24) is 24.8 Å². The van der Waals surface area contributed by atoms with Crippen LogP contribution in [-0.2, 0) is 0 Å². The zero-order valence-corrected chi connectivity index (χ0v) is 9.92. The fraction of sp³-hybridized carbons (Fsp3) is 0.182. The van der Waals surface area contributed by atoms with Gasteiger partial charge >= 0.3 is 0 Å². The Hall–Kier alpha value is -2.44. The lowest BCUT2D eigenvalue weighted by Gasteiger charge is -2.11. The van der Waals surface area contributed by atoms with Gasteiger partial charge in [-0.05, 0) is 26.0 Å². The number of aromatic nitrogens is 5. The number of aryl methyl sites for hydroxylation is 2. The molecule has 3 aromatic rings. The van der Waals surface area contributed by atoms with Crippen LogP contribution in [0.5, 0.6) is 0 Å². The first kappa shape index (κ1) is 10.7. The predicted molar refractivity (Wildman–Crippen MR) is 64.3 cm³/mol. The Labute approximate surface area is 102 Å². The lowest BCUT2D eigenvalue weighted by atomic mass is 10.4. The van der Waals surface area contributed by atoms with Crippen LogP contribution < -0.4 is 5.12 Å². The van der Waals surface area contributed by atoms with Gasteiger partial charge in [0.1, 0.15) is 11.3 Å². The molecule has 92 valence electrons. The van der Waals surface area contributed by atoms with E-state index in [4.69, 9.17) is 0 Å². The Morgan fingerprint density at radius 1 is 1.39 bits per heavy atom. The number of nitrogens with zero attached hydrogens (tertiary/aromatic N) is 5. The molecule has 0 aliphatic heterocycles. The van der Waals surface area contributed by atoms with Gasteiger partial charge in [0.2, 0.25) is 0 Å². The third kappa shape index (κ3) is 1.60. The van der Waals surface area contributed by atoms with Crippen LogP contribution in [-0.4, -0.2) is 24.8 Å². The normalized spacial score (nSPS) is 11.1. The minimum absolute atomic E-state index is 0.175. The standard InChI is InChI=1S/C11H11FN6/c1-7-6-10(15-14-7)18(12)11-9-4-3-5-17(9)16-8(2)13-11/h3-6H,1-2H3,(H,14,15). The highest BCUT2D eigenvalue weighted by atomic mass is 19.2. The Balaban J connectivity index is 2.16. The van der Waals surface area contributed by atoms with Crippen LogP contribution in [0, 0.1) is 13.8 Å². The SMILES string of the molecule is Cc1nc(N(F)c2cc(C)[nH]n2)c2cccn2n1. The summed E-state index contributed by atoms with van der Waals surface area (Å²) in [5.41, 5.74) is 1.37. The van der Waals surface area contributed by atoms with Crippen molar-refractivity contribution in [3.63, 3.8) is 0 Å². The van der Waals surface area contributed by atoms with Gasteiger partial charge in [0, 0.05) is 18.0 Å². The molecule has 0 saturated heterocycles. The Bertz CT molecular complexity index is 700. The van der Waals surface area contributed by atoms with E-state index in [1.165, 1.54) is 0 Å². The average Bonchev–Trinajstić information content (AvgIpc) is 2.95. The van der Waals surface area contributed by atoms with E-state index in [1.807, 2.05) is 6.92 Å². The number of fused-ring (bicyclic) bond motifs is 1. The third-order valence-corrected chi connectivity index (χ3v) is 2.56. The van der Waals surface area contributed by atoms with Crippen molar-refractivity contribution in [3.8, 4) is 0 Å². The highest BCUT2D eigenvalue weighted by Crippen LogP contribution is 2.26. The molecule has 0 saturated carbocycles. The minimum Gasteiger partial charge on any atom is -0.281 e. The molecule has 1 N–H and O–H groups in total. The molecule has 18 heavy (non-hydrogen) atoms. The van der Waals surface area contributed by atoms with Crippen LogP contribution in [0.4, 0.5) is 16.1 Å². The second kappa shape index (κ2) is 3.80. The van der Waals surface area contributed by atoms with Gasteiger partial charge in [-0.1, -0.05) is 4.48 Å². The monoisotopic (exact) mass is 246 g/mol. The number of halogens is 1. The molecule has 0 spiro atoms. The maximum absolute atomic E-state index is 14.3. The van der Waals surface area contributed by atoms with Gasteiger partial charge in [-0.2, -0.15) is 10.2 Å². The highest BCUT2D eigenvalue weighted by Gasteiger charge is 2.17. The van der Waals surface area contributed by atoms with Gasteiger partial charge in [0.05, 0.1) is 0 Å². The van der Waals surface area contributed by atoms with Crippen molar-refractivity contribution in [3.05, 3.63) is 35.9 Å². The minimum atomic E-state index is 0.175. The molecule has 0 amide bonds. The van der Waals surface area contributed by atoms with E-state index < -0.39 is 0 Å². The Morgan fingerprint density at radius 3 is 2.94 bits per heavy atom. The van der Waals surface area contributed by atoms with Crippen molar-refractivity contribution in [2.24, 2.45) is 0 Å². The average molecular weight is 246 g/mol. The van der Waals surface area contributed by atoms with E-state index in [0.717, 1.165) is 5.69 Å². The smallest absolute Gasteiger partial charge is 0.192 e. The zero-order chi connectivity index (χ0) is 12.7. The van der Waals surface area contributed by atoms with Crippen LogP contribution in [0.3, 0.4) is 0 Å². The summed E-state index contributed by atoms with van der Waals surface area (Å²) in [4.78, 5) is 4.12. The van der Waals surface area contributed by atoms with Crippen LogP contribution in [0.2, 0.25) is 0 Å². The van der Waals surface area contributed by atoms with Crippen LogP contribution in [0.25, 0.3) is 5.52 Å². The topological polar surface area (TPSA) is 62.1 Å². The van der Waals surface area contributed by atoms with Crippen LogP contribution >= 0.6 is 0 Å². The van der Waals surface area contributed by atoms with Gasteiger partial charge in [-0.25, -0.2) is 9.50 Å². The van der Waals surface area contributed by atoms with Gasteiger partial charge in [-0.15, -0.1) is 5.12 Å². The number of aromatic amines is 1. The molecular formula is C11H11FN6. The van der Waals surface area contributed by atoms with Gasteiger partial charge in [-0.3, -0.25) is 5.10 Å². The van der Waals surface area contributed by atoms with Gasteiger partial charge < -0.3 is 0 Å². The second-order valence-electron chi connectivity index (χ2n) is 4.01. The molecule has 0 radical (unpaired) electrons. The molecule has 0 aliphatic carbocycles. The third-order valence-electron chi connectivity index (χ3n) is 2.56. The summed E-state index contributed by atoms with van der Waals surface area (Å²) in [6.45, 7) is 3.52. The molecule has 0 unspecified atom stereocenters. The molecule has 3 heterocycles. The largest absolute Gasteiger partial charge is 0.281 e. The quantitative estimate of drug-likeness (QED) is 0.703. The van der Waals surface area contributed by atoms with Crippen molar-refractivity contribution in [2.45, 2.75) is 13.8 Å². The summed E-state index contributed by atoms with van der Waals surface area (Å²) >= 11 is 0. The number of rotatable bonds is 2. The van der Waals surface area contributed by atoms with E-state index in [9.17, 15) is 4.48 Å². The summed E-state index contributed by atoms with van der Waals surface area (Å²) in [7, 11) is 0. The van der Waals surface area contributed by atoms with Crippen molar-refractivity contribution in [1.29, 1.82) is 0 Å². The molecule has 7 heteroatoms. The van der Waals surface area contributed by atoms with E-state index in [1.54, 1.807) is 35.8 Å². The number of anilines is 2. The summed E-state index contributed by atoms with van der Waals surface area (Å²) in [6.07, 6.45) is 1.75. The molecule has 0 atom stereocenters. The highest BCUT2D eigenvalue weighted by molar-refractivity contribution is 5.72. The lowest BCUT2D eigenvalue weighted by Crippen LogP contribution is -2.10. The van der Waals surface area contributed by atoms with E-state index in [2.05, 4.69) is 20.3 Å². The molecular weight excluding hydrogens is 235 g/mol. The van der Waals surface area contributed by atoms with Gasteiger partial charge in [0.25, 0.3) is 0 Å². The fourth-order valence-corrected chi connectivity index (χ4v) is 1.78. The molecule has 3 rings (SSSR count). The van der Waals surface area contributed by atoms with Crippen LogP contribution in [0.1, 0.15) is 11.5 Å². The predicted octanol–water partition coefficient (Wildman–Crippen LogP) is 2.09. The molecule has 0 fully saturated rings. The first-order valence-electron chi connectivity index (χ1n) is 5.45. The van der Waals surface area contributed by atoms with Crippen molar-refractivity contribution < 1.29 is 4.48 Å². The molecule has 6 nitrogen and oxygen atoms in total. The maximum Gasteiger partial charge on any atom is 0.192 e. The molecule has 3 aromatic heterocycles. The zero-order valence-electron chi connectivity index (χ0n) is 9.92. The number of hydrogen-bond donors (Lipinski definition) is 1. The second-order valence-corrected chi connectivity index (χ2v) is 4.01. The molecule has 0 bridgehead atoms. The maximum atomic E-state index is 14.3. The van der Waals surface area contributed by atoms with Crippen molar-refractivity contribution >= 4 is 17.2 Å². The first-order chi connectivity index (χ1) is 8.65. The molecule has 0 aliphatic rings. The molecule has 0 aromatic carbocycles.